The quantitative estimate of drug-likeness (QED) is 0.682. The fourth-order valence-corrected chi connectivity index (χ4v) is 4.23. The summed E-state index contributed by atoms with van der Waals surface area (Å²) in [6.07, 6.45) is 5.05. The molecule has 29 heavy (non-hydrogen) atoms. The molecule has 0 aliphatic carbocycles. The van der Waals surface area contributed by atoms with Crippen molar-refractivity contribution in [3.8, 4) is 0 Å². The van der Waals surface area contributed by atoms with Crippen LogP contribution in [0, 0.1) is 0 Å². The minimum absolute atomic E-state index is 0.0291. The van der Waals surface area contributed by atoms with Gasteiger partial charge in [-0.2, -0.15) is 0 Å². The van der Waals surface area contributed by atoms with Crippen molar-refractivity contribution in [3.63, 3.8) is 0 Å². The number of rotatable bonds is 4. The third kappa shape index (κ3) is 4.19. The van der Waals surface area contributed by atoms with Crippen molar-refractivity contribution < 1.29 is 9.59 Å². The Hall–Kier alpha value is -3.07. The summed E-state index contributed by atoms with van der Waals surface area (Å²) in [5.41, 5.74) is 6.56. The largest absolute Gasteiger partial charge is 0.369 e. The average molecular weight is 411 g/mol. The van der Waals surface area contributed by atoms with Crippen LogP contribution in [0.3, 0.4) is 0 Å². The van der Waals surface area contributed by atoms with Crippen molar-refractivity contribution in [2.75, 3.05) is 5.32 Å². The van der Waals surface area contributed by atoms with Gasteiger partial charge in [0.25, 0.3) is 11.5 Å². The first-order valence-electron chi connectivity index (χ1n) is 9.59. The predicted molar refractivity (Wildman–Crippen MR) is 111 cm³/mol. The maximum absolute atomic E-state index is 12.9. The van der Waals surface area contributed by atoms with Crippen LogP contribution < -0.4 is 16.6 Å². The first-order chi connectivity index (χ1) is 14.0. The molecule has 8 nitrogen and oxygen atoms in total. The Morgan fingerprint density at radius 1 is 1.17 bits per heavy atom. The number of benzene rings is 1. The van der Waals surface area contributed by atoms with E-state index in [0.717, 1.165) is 37.9 Å². The minimum atomic E-state index is -0.477. The number of hydrogen-bond acceptors (Lipinski definition) is 6. The van der Waals surface area contributed by atoms with E-state index < -0.39 is 5.91 Å². The summed E-state index contributed by atoms with van der Waals surface area (Å²) in [4.78, 5) is 45.3. The first kappa shape index (κ1) is 19.3. The number of hydrogen-bond donors (Lipinski definition) is 2. The SMILES string of the molecule is NC(=O)Cc1csc(NC(=O)c2ccc3c(=O)n4c(nc3c2)CCCCCC4)n1. The van der Waals surface area contributed by atoms with E-state index in [1.54, 1.807) is 28.1 Å². The fraction of sp³-hybridized carbons (Fsp3) is 0.350. The lowest BCUT2D eigenvalue weighted by Gasteiger charge is -2.16. The number of nitrogens with two attached hydrogens (primary N) is 1. The molecule has 2 aromatic heterocycles. The molecule has 0 fully saturated rings. The second-order valence-electron chi connectivity index (χ2n) is 7.12. The number of thiazole rings is 1. The molecule has 9 heteroatoms. The van der Waals surface area contributed by atoms with Gasteiger partial charge in [0.2, 0.25) is 5.91 Å². The molecule has 1 aliphatic rings. The van der Waals surface area contributed by atoms with Gasteiger partial charge < -0.3 is 5.73 Å². The highest BCUT2D eigenvalue weighted by atomic mass is 32.1. The molecule has 150 valence electrons. The van der Waals surface area contributed by atoms with E-state index in [4.69, 9.17) is 5.73 Å². The minimum Gasteiger partial charge on any atom is -0.369 e. The molecule has 0 saturated carbocycles. The molecule has 2 amide bonds. The summed E-state index contributed by atoms with van der Waals surface area (Å²) in [5.74, 6) is -0.0359. The maximum Gasteiger partial charge on any atom is 0.261 e. The summed E-state index contributed by atoms with van der Waals surface area (Å²) in [6, 6.07) is 4.92. The molecule has 0 bridgehead atoms. The summed E-state index contributed by atoms with van der Waals surface area (Å²) in [5, 5.41) is 5.30. The number of anilines is 1. The number of aromatic nitrogens is 3. The summed E-state index contributed by atoms with van der Waals surface area (Å²) >= 11 is 1.22. The van der Waals surface area contributed by atoms with Crippen LogP contribution in [-0.4, -0.2) is 26.3 Å². The van der Waals surface area contributed by atoms with Crippen LogP contribution in [0.4, 0.5) is 5.13 Å². The molecule has 0 saturated heterocycles. The highest BCUT2D eigenvalue weighted by Gasteiger charge is 2.16. The highest BCUT2D eigenvalue weighted by molar-refractivity contribution is 7.14. The monoisotopic (exact) mass is 411 g/mol. The van der Waals surface area contributed by atoms with Crippen molar-refractivity contribution in [1.82, 2.24) is 14.5 Å². The predicted octanol–water partition coefficient (Wildman–Crippen LogP) is 2.25. The van der Waals surface area contributed by atoms with E-state index in [1.807, 2.05) is 0 Å². The highest BCUT2D eigenvalue weighted by Crippen LogP contribution is 2.19. The van der Waals surface area contributed by atoms with Crippen LogP contribution >= 0.6 is 11.3 Å². The average Bonchev–Trinajstić information content (AvgIpc) is 3.09. The van der Waals surface area contributed by atoms with Gasteiger partial charge in [-0.05, 0) is 31.0 Å². The molecule has 1 aromatic carbocycles. The van der Waals surface area contributed by atoms with Gasteiger partial charge >= 0.3 is 0 Å². The van der Waals surface area contributed by atoms with Gasteiger partial charge in [0.1, 0.15) is 5.82 Å². The molecular formula is C20H21N5O3S. The molecule has 0 radical (unpaired) electrons. The van der Waals surface area contributed by atoms with E-state index in [9.17, 15) is 14.4 Å². The molecular weight excluding hydrogens is 390 g/mol. The van der Waals surface area contributed by atoms with Gasteiger partial charge in [-0.25, -0.2) is 9.97 Å². The third-order valence-electron chi connectivity index (χ3n) is 4.96. The Kier molecular flexibility index (Phi) is 5.39. The Bertz CT molecular complexity index is 1150. The van der Waals surface area contributed by atoms with Crippen molar-refractivity contribution >= 4 is 39.2 Å². The third-order valence-corrected chi connectivity index (χ3v) is 5.76. The molecule has 0 atom stereocenters. The van der Waals surface area contributed by atoms with Crippen LogP contribution in [0.1, 0.15) is 47.6 Å². The lowest BCUT2D eigenvalue weighted by atomic mass is 10.1. The van der Waals surface area contributed by atoms with Crippen molar-refractivity contribution in [1.29, 1.82) is 0 Å². The Morgan fingerprint density at radius 3 is 2.83 bits per heavy atom. The fourth-order valence-electron chi connectivity index (χ4n) is 3.53. The van der Waals surface area contributed by atoms with Crippen molar-refractivity contribution in [2.24, 2.45) is 5.73 Å². The standard InChI is InChI=1S/C20H21N5O3S/c21-16(26)10-13-11-29-20(22-13)24-18(27)12-6-7-14-15(9-12)23-17-5-3-1-2-4-8-25(17)19(14)28/h6-7,9,11H,1-5,8,10H2,(H2,21,26)(H,22,24,27). The number of primary amides is 1. The van der Waals surface area contributed by atoms with Crippen LogP contribution in [0.15, 0.2) is 28.4 Å². The number of nitrogens with one attached hydrogen (secondary N) is 1. The lowest BCUT2D eigenvalue weighted by molar-refractivity contribution is -0.117. The molecule has 0 unspecified atom stereocenters. The van der Waals surface area contributed by atoms with Gasteiger partial charge in [-0.1, -0.05) is 12.8 Å². The molecule has 3 N–H and O–H groups in total. The van der Waals surface area contributed by atoms with Gasteiger partial charge in [-0.15, -0.1) is 11.3 Å². The number of amides is 2. The zero-order valence-electron chi connectivity index (χ0n) is 15.8. The van der Waals surface area contributed by atoms with Gasteiger partial charge in [0.05, 0.1) is 23.0 Å². The maximum atomic E-state index is 12.9. The van der Waals surface area contributed by atoms with E-state index in [0.29, 0.717) is 33.8 Å². The van der Waals surface area contributed by atoms with Gasteiger partial charge in [-0.3, -0.25) is 24.3 Å². The number of carbonyl (C=O) groups is 2. The second-order valence-corrected chi connectivity index (χ2v) is 7.98. The second kappa shape index (κ2) is 8.12. The number of aryl methyl sites for hydroxylation is 1. The zero-order valence-corrected chi connectivity index (χ0v) is 16.6. The van der Waals surface area contributed by atoms with Gasteiger partial charge in [0, 0.05) is 23.9 Å². The van der Waals surface area contributed by atoms with E-state index >= 15 is 0 Å². The smallest absolute Gasteiger partial charge is 0.261 e. The molecule has 3 heterocycles. The molecule has 1 aliphatic heterocycles. The number of carbonyl (C=O) groups excluding carboxylic acids is 2. The van der Waals surface area contributed by atoms with Crippen LogP contribution in [0.5, 0.6) is 0 Å². The molecule has 4 rings (SSSR count). The topological polar surface area (TPSA) is 120 Å². The number of nitrogens with zero attached hydrogens (tertiary/aromatic N) is 3. The number of fused-ring (bicyclic) bond motifs is 2. The lowest BCUT2D eigenvalue weighted by Crippen LogP contribution is -2.26. The molecule has 3 aromatic rings. The van der Waals surface area contributed by atoms with E-state index in [2.05, 4.69) is 15.3 Å². The van der Waals surface area contributed by atoms with E-state index in [-0.39, 0.29) is 17.9 Å². The van der Waals surface area contributed by atoms with Crippen molar-refractivity contribution in [3.05, 3.63) is 51.0 Å². The molecule has 0 spiro atoms. The van der Waals surface area contributed by atoms with Crippen LogP contribution in [0.2, 0.25) is 0 Å². The summed E-state index contributed by atoms with van der Waals surface area (Å²) in [6.45, 7) is 0.691. The summed E-state index contributed by atoms with van der Waals surface area (Å²) < 4.78 is 1.77. The van der Waals surface area contributed by atoms with Crippen LogP contribution in [-0.2, 0) is 24.2 Å². The van der Waals surface area contributed by atoms with Gasteiger partial charge in [0.15, 0.2) is 5.13 Å². The summed E-state index contributed by atoms with van der Waals surface area (Å²) in [7, 11) is 0. The van der Waals surface area contributed by atoms with Crippen LogP contribution in [0.25, 0.3) is 10.9 Å². The van der Waals surface area contributed by atoms with E-state index in [1.165, 1.54) is 11.3 Å². The zero-order chi connectivity index (χ0) is 20.4. The normalized spacial score (nSPS) is 14.1. The Labute approximate surface area is 170 Å². The van der Waals surface area contributed by atoms with Crippen molar-refractivity contribution in [2.45, 2.75) is 45.1 Å². The first-order valence-corrected chi connectivity index (χ1v) is 10.5. The Balaban J connectivity index is 1.61. The Morgan fingerprint density at radius 2 is 2.00 bits per heavy atom.